The average molecular weight is 331 g/mol. The number of hydrogen-bond donors (Lipinski definition) is 1. The molecule has 24 heavy (non-hydrogen) atoms. The van der Waals surface area contributed by atoms with Gasteiger partial charge in [-0.05, 0) is 29.4 Å². The predicted molar refractivity (Wildman–Crippen MR) is 103 cm³/mol. The van der Waals surface area contributed by atoms with Gasteiger partial charge in [-0.3, -0.25) is 0 Å². The summed E-state index contributed by atoms with van der Waals surface area (Å²) in [6.45, 7) is 20.3. The Hall–Kier alpha value is -1.58. The Morgan fingerprint density at radius 2 is 1.62 bits per heavy atom. The van der Waals surface area contributed by atoms with E-state index in [9.17, 15) is 0 Å². The third kappa shape index (κ3) is 4.49. The summed E-state index contributed by atoms with van der Waals surface area (Å²) in [5, 5.41) is 8.50. The molecule has 4 nitrogen and oxygen atoms in total. The summed E-state index contributed by atoms with van der Waals surface area (Å²) in [4.78, 5) is 4.49. The Labute approximate surface area is 147 Å². The molecule has 0 spiro atoms. The summed E-state index contributed by atoms with van der Waals surface area (Å²) >= 11 is 0. The molecule has 0 aliphatic carbocycles. The Morgan fingerprint density at radius 1 is 1.00 bits per heavy atom. The van der Waals surface area contributed by atoms with Gasteiger partial charge in [0.25, 0.3) is 0 Å². The summed E-state index contributed by atoms with van der Waals surface area (Å²) in [7, 11) is 0. The van der Waals surface area contributed by atoms with E-state index < -0.39 is 0 Å². The Kier molecular flexibility index (Phi) is 4.73. The van der Waals surface area contributed by atoms with E-state index in [0.29, 0.717) is 6.04 Å². The van der Waals surface area contributed by atoms with Gasteiger partial charge in [-0.1, -0.05) is 62.3 Å². The second-order valence-corrected chi connectivity index (χ2v) is 10.2. The van der Waals surface area contributed by atoms with Crippen LogP contribution in [0.15, 0.2) is 18.3 Å². The van der Waals surface area contributed by atoms with Crippen molar-refractivity contribution in [3.63, 3.8) is 0 Å². The van der Waals surface area contributed by atoms with Crippen molar-refractivity contribution < 1.29 is 0 Å². The van der Waals surface area contributed by atoms with Gasteiger partial charge in [0.05, 0.1) is 11.9 Å². The fourth-order valence-electron chi connectivity index (χ4n) is 2.83. The first kappa shape index (κ1) is 18.8. The molecule has 134 valence electrons. The largest absolute Gasteiger partial charge is 0.365 e. The van der Waals surface area contributed by atoms with Crippen molar-refractivity contribution in [1.29, 1.82) is 0 Å². The van der Waals surface area contributed by atoms with E-state index in [0.717, 1.165) is 23.6 Å². The molecule has 0 aromatic carbocycles. The number of nitrogens with one attached hydrogen (secondary N) is 1. The number of aromatic nitrogens is 3. The minimum atomic E-state index is 0.0138. The van der Waals surface area contributed by atoms with Crippen molar-refractivity contribution in [2.45, 2.75) is 80.2 Å². The average Bonchev–Trinajstić information content (AvgIpc) is 2.78. The summed E-state index contributed by atoms with van der Waals surface area (Å²) in [6, 6.07) is 4.43. The predicted octanol–water partition coefficient (Wildman–Crippen LogP) is 5.29. The summed E-state index contributed by atoms with van der Waals surface area (Å²) in [6.07, 6.45) is 3.02. The van der Waals surface area contributed by atoms with Crippen molar-refractivity contribution in [3.05, 3.63) is 24.0 Å². The topological polar surface area (TPSA) is 42.2 Å². The van der Waals surface area contributed by atoms with Crippen LogP contribution in [0.5, 0.6) is 0 Å². The van der Waals surface area contributed by atoms with Gasteiger partial charge in [-0.2, -0.15) is 0 Å². The maximum atomic E-state index is 4.83. The number of hydrogen-bond acceptors (Lipinski definition) is 3. The lowest BCUT2D eigenvalue weighted by molar-refractivity contribution is 0.246. The van der Waals surface area contributed by atoms with Crippen LogP contribution in [0.1, 0.15) is 74.4 Å². The molecule has 0 fully saturated rings. The van der Waals surface area contributed by atoms with E-state index in [2.05, 4.69) is 72.6 Å². The van der Waals surface area contributed by atoms with Crippen LogP contribution < -0.4 is 5.32 Å². The lowest BCUT2D eigenvalue weighted by Gasteiger charge is -2.36. The van der Waals surface area contributed by atoms with Crippen LogP contribution in [-0.4, -0.2) is 20.6 Å². The highest BCUT2D eigenvalue weighted by Gasteiger charge is 2.29. The monoisotopic (exact) mass is 330 g/mol. The molecule has 2 aromatic heterocycles. The van der Waals surface area contributed by atoms with E-state index in [1.807, 2.05) is 22.8 Å². The van der Waals surface area contributed by atoms with E-state index in [-0.39, 0.29) is 16.2 Å². The van der Waals surface area contributed by atoms with Crippen LogP contribution in [0.3, 0.4) is 0 Å². The van der Waals surface area contributed by atoms with Crippen LogP contribution in [0.2, 0.25) is 0 Å². The van der Waals surface area contributed by atoms with Gasteiger partial charge in [0, 0.05) is 11.5 Å². The minimum absolute atomic E-state index is 0.0138. The van der Waals surface area contributed by atoms with Gasteiger partial charge in [0.2, 0.25) is 0 Å². The number of rotatable bonds is 3. The molecule has 4 heteroatoms. The van der Waals surface area contributed by atoms with Gasteiger partial charge >= 0.3 is 0 Å². The molecule has 1 unspecified atom stereocenters. The van der Waals surface area contributed by atoms with Crippen LogP contribution in [0, 0.1) is 10.8 Å². The lowest BCUT2D eigenvalue weighted by Crippen LogP contribution is -2.37. The van der Waals surface area contributed by atoms with Gasteiger partial charge in [-0.25, -0.2) is 9.50 Å². The zero-order valence-corrected chi connectivity index (χ0v) is 16.9. The smallest absolute Gasteiger partial charge is 0.153 e. The van der Waals surface area contributed by atoms with Crippen LogP contribution >= 0.6 is 0 Å². The summed E-state index contributed by atoms with van der Waals surface area (Å²) < 4.78 is 1.97. The van der Waals surface area contributed by atoms with Gasteiger partial charge in [-0.15, -0.1) is 5.10 Å². The van der Waals surface area contributed by atoms with Crippen LogP contribution in [-0.2, 0) is 5.41 Å². The second-order valence-electron chi connectivity index (χ2n) is 10.2. The quantitative estimate of drug-likeness (QED) is 0.831. The molecule has 0 aliphatic rings. The van der Waals surface area contributed by atoms with Crippen molar-refractivity contribution in [1.82, 2.24) is 14.6 Å². The number of fused-ring (bicyclic) bond motifs is 1. The molecule has 0 saturated carbocycles. The SMILES string of the molecule is CC(C)(C)CC(Nc1ccc2ncc(C(C)(C)C)n2n1)C(C)(C)C. The fraction of sp³-hybridized carbons (Fsp3) is 0.700. The normalized spacial score (nSPS) is 14.9. The van der Waals surface area contributed by atoms with E-state index in [1.54, 1.807) is 0 Å². The molecule has 0 radical (unpaired) electrons. The first-order valence-corrected chi connectivity index (χ1v) is 8.89. The molecule has 2 aromatic rings. The zero-order chi connectivity index (χ0) is 18.3. The number of anilines is 1. The first-order valence-electron chi connectivity index (χ1n) is 8.89. The molecule has 0 aliphatic heterocycles. The third-order valence-corrected chi connectivity index (χ3v) is 4.31. The summed E-state index contributed by atoms with van der Waals surface area (Å²) in [5.74, 6) is 0.912. The van der Waals surface area contributed by atoms with Gasteiger partial charge in [0.15, 0.2) is 5.65 Å². The Balaban J connectivity index is 2.37. The molecule has 0 amide bonds. The maximum Gasteiger partial charge on any atom is 0.153 e. The molecule has 0 saturated heterocycles. The molecular formula is C20H34N4. The summed E-state index contributed by atoms with van der Waals surface area (Å²) in [5.41, 5.74) is 2.46. The molecule has 2 heterocycles. The maximum absolute atomic E-state index is 4.83. The zero-order valence-electron chi connectivity index (χ0n) is 16.9. The Bertz CT molecular complexity index is 693. The highest BCUT2D eigenvalue weighted by Crippen LogP contribution is 2.32. The van der Waals surface area contributed by atoms with Crippen LogP contribution in [0.4, 0.5) is 5.82 Å². The van der Waals surface area contributed by atoms with Crippen molar-refractivity contribution in [3.8, 4) is 0 Å². The highest BCUT2D eigenvalue weighted by atomic mass is 15.3. The molecular weight excluding hydrogens is 296 g/mol. The van der Waals surface area contributed by atoms with E-state index in [4.69, 9.17) is 5.10 Å². The first-order chi connectivity index (χ1) is 10.8. The molecule has 1 N–H and O–H groups in total. The van der Waals surface area contributed by atoms with Crippen LogP contribution in [0.25, 0.3) is 5.65 Å². The second kappa shape index (κ2) is 6.05. The molecule has 1 atom stereocenters. The number of imidazole rings is 1. The van der Waals surface area contributed by atoms with Gasteiger partial charge in [0.1, 0.15) is 5.82 Å². The minimum Gasteiger partial charge on any atom is -0.365 e. The standard InChI is InChI=1S/C20H34N4/c1-18(2,3)12-14(19(4,5)6)22-16-10-11-17-21-13-15(20(7,8)9)24(17)23-16/h10-11,13-14H,12H2,1-9H3,(H,22,23). The van der Waals surface area contributed by atoms with E-state index >= 15 is 0 Å². The third-order valence-electron chi connectivity index (χ3n) is 4.31. The van der Waals surface area contributed by atoms with E-state index in [1.165, 1.54) is 0 Å². The highest BCUT2D eigenvalue weighted by molar-refractivity contribution is 5.46. The fourth-order valence-corrected chi connectivity index (χ4v) is 2.83. The van der Waals surface area contributed by atoms with Crippen molar-refractivity contribution >= 4 is 11.5 Å². The Morgan fingerprint density at radius 3 is 2.12 bits per heavy atom. The van der Waals surface area contributed by atoms with Crippen molar-refractivity contribution in [2.75, 3.05) is 5.32 Å². The van der Waals surface area contributed by atoms with Gasteiger partial charge < -0.3 is 5.32 Å². The van der Waals surface area contributed by atoms with Crippen molar-refractivity contribution in [2.24, 2.45) is 10.8 Å². The number of nitrogens with zero attached hydrogens (tertiary/aromatic N) is 3. The lowest BCUT2D eigenvalue weighted by atomic mass is 9.77. The molecule has 0 bridgehead atoms. The molecule has 2 rings (SSSR count).